The number of benzene rings is 3. The van der Waals surface area contributed by atoms with E-state index in [9.17, 15) is 4.79 Å². The van der Waals surface area contributed by atoms with E-state index >= 15 is 0 Å². The third kappa shape index (κ3) is 4.03. The molecule has 0 spiro atoms. The van der Waals surface area contributed by atoms with Crippen LogP contribution in [-0.4, -0.2) is 12.1 Å². The zero-order valence-corrected chi connectivity index (χ0v) is 18.1. The first-order chi connectivity index (χ1) is 14.0. The predicted octanol–water partition coefficient (Wildman–Crippen LogP) is 5.52. The Morgan fingerprint density at radius 1 is 1.00 bits per heavy atom. The fraction of sp³-hybridized carbons (Fsp3) is 0.200. The molecule has 3 nitrogen and oxygen atoms in total. The largest absolute Gasteiger partial charge is 0.273 e. The summed E-state index contributed by atoms with van der Waals surface area (Å²) in [5, 5.41) is 4.18. The molecule has 1 aliphatic rings. The van der Waals surface area contributed by atoms with Gasteiger partial charge in [-0.15, -0.1) is 0 Å². The van der Waals surface area contributed by atoms with Gasteiger partial charge in [0, 0.05) is 9.89 Å². The molecule has 3 aromatic carbocycles. The molecule has 0 radical (unpaired) electrons. The summed E-state index contributed by atoms with van der Waals surface area (Å²) in [6, 6.07) is 24.8. The molecule has 1 atom stereocenters. The van der Waals surface area contributed by atoms with Crippen LogP contribution >= 0.6 is 15.9 Å². The SMILES string of the molecule is Cc1cccc(C2(c3cccc(C)c3)C[C@@H]2C(=O)N/N=C/c2ccc(Br)cc2)c1. The summed E-state index contributed by atoms with van der Waals surface area (Å²) in [6.45, 7) is 4.18. The average molecular weight is 447 g/mol. The number of hydrogen-bond acceptors (Lipinski definition) is 2. The molecule has 0 bridgehead atoms. The van der Waals surface area contributed by atoms with Crippen LogP contribution in [0.5, 0.6) is 0 Å². The minimum atomic E-state index is -0.282. The average Bonchev–Trinajstić information content (AvgIpc) is 3.47. The Morgan fingerprint density at radius 2 is 1.59 bits per heavy atom. The number of hydrazone groups is 1. The van der Waals surface area contributed by atoms with Crippen LogP contribution in [0, 0.1) is 19.8 Å². The highest BCUT2D eigenvalue weighted by Crippen LogP contribution is 2.59. The van der Waals surface area contributed by atoms with Crippen LogP contribution in [-0.2, 0) is 10.2 Å². The summed E-state index contributed by atoms with van der Waals surface area (Å²) in [5.74, 6) is -0.172. The van der Waals surface area contributed by atoms with Gasteiger partial charge in [0.05, 0.1) is 12.1 Å². The molecule has 1 aliphatic carbocycles. The zero-order chi connectivity index (χ0) is 20.4. The van der Waals surface area contributed by atoms with Crippen molar-refractivity contribution in [1.29, 1.82) is 0 Å². The number of rotatable bonds is 5. The highest BCUT2D eigenvalue weighted by molar-refractivity contribution is 9.10. The standard InChI is InChI=1S/C25H23BrN2O/c1-17-5-3-7-20(13-17)25(21-8-4-6-18(2)14-21)15-23(25)24(29)28-27-16-19-9-11-22(26)12-10-19/h3-14,16,23H,15H2,1-2H3,(H,28,29)/b27-16+/t23-/m1/s1. The summed E-state index contributed by atoms with van der Waals surface area (Å²) in [4.78, 5) is 12.9. The first-order valence-corrected chi connectivity index (χ1v) is 10.5. The molecule has 3 aromatic rings. The number of nitrogens with zero attached hydrogens (tertiary/aromatic N) is 1. The van der Waals surface area contributed by atoms with Gasteiger partial charge in [0.15, 0.2) is 0 Å². The molecule has 0 heterocycles. The minimum Gasteiger partial charge on any atom is -0.273 e. The second-order valence-corrected chi connectivity index (χ2v) is 8.67. The molecule has 0 aliphatic heterocycles. The molecule has 1 N–H and O–H groups in total. The van der Waals surface area contributed by atoms with Gasteiger partial charge < -0.3 is 0 Å². The maximum atomic E-state index is 12.9. The Bertz CT molecular complexity index is 1030. The van der Waals surface area contributed by atoms with Crippen LogP contribution in [0.1, 0.15) is 34.2 Å². The van der Waals surface area contributed by atoms with Crippen molar-refractivity contribution in [2.75, 3.05) is 0 Å². The summed E-state index contributed by atoms with van der Waals surface area (Å²) in [6.07, 6.45) is 2.47. The van der Waals surface area contributed by atoms with Crippen molar-refractivity contribution < 1.29 is 4.79 Å². The molecule has 0 unspecified atom stereocenters. The molecule has 0 aromatic heterocycles. The molecule has 1 fully saturated rings. The molecule has 146 valence electrons. The van der Waals surface area contributed by atoms with Crippen molar-refractivity contribution in [2.45, 2.75) is 25.7 Å². The first-order valence-electron chi connectivity index (χ1n) is 9.72. The van der Waals surface area contributed by atoms with Gasteiger partial charge in [0.25, 0.3) is 0 Å². The first kappa shape index (κ1) is 19.6. The minimum absolute atomic E-state index is 0.0404. The van der Waals surface area contributed by atoms with Gasteiger partial charge in [-0.05, 0) is 49.1 Å². The highest BCUT2D eigenvalue weighted by atomic mass is 79.9. The second kappa shape index (κ2) is 7.96. The molecule has 0 saturated heterocycles. The number of hydrogen-bond donors (Lipinski definition) is 1. The smallest absolute Gasteiger partial charge is 0.244 e. The van der Waals surface area contributed by atoms with E-state index in [1.54, 1.807) is 6.21 Å². The Morgan fingerprint density at radius 3 is 2.14 bits per heavy atom. The van der Waals surface area contributed by atoms with Gasteiger partial charge in [0.2, 0.25) is 5.91 Å². The summed E-state index contributed by atoms with van der Waals surface area (Å²) in [7, 11) is 0. The van der Waals surface area contributed by atoms with Crippen LogP contribution in [0.4, 0.5) is 0 Å². The molecule has 4 rings (SSSR count). The normalized spacial score (nSPS) is 17.3. The molecule has 4 heteroatoms. The van der Waals surface area contributed by atoms with Crippen LogP contribution < -0.4 is 5.43 Å². The van der Waals surface area contributed by atoms with Crippen LogP contribution in [0.25, 0.3) is 0 Å². The topological polar surface area (TPSA) is 41.5 Å². The van der Waals surface area contributed by atoms with E-state index in [0.717, 1.165) is 16.5 Å². The van der Waals surface area contributed by atoms with E-state index in [-0.39, 0.29) is 17.2 Å². The lowest BCUT2D eigenvalue weighted by molar-refractivity contribution is -0.122. The molecular formula is C25H23BrN2O. The lowest BCUT2D eigenvalue weighted by Gasteiger charge is -2.19. The van der Waals surface area contributed by atoms with Crippen LogP contribution in [0.15, 0.2) is 82.4 Å². The third-order valence-corrected chi connectivity index (χ3v) is 6.13. The number of amides is 1. The van der Waals surface area contributed by atoms with Gasteiger partial charge in [-0.3, -0.25) is 4.79 Å². The number of carbonyl (C=O) groups is 1. The second-order valence-electron chi connectivity index (χ2n) is 7.75. The summed E-state index contributed by atoms with van der Waals surface area (Å²) >= 11 is 3.42. The van der Waals surface area contributed by atoms with Gasteiger partial charge in [-0.1, -0.05) is 87.7 Å². The van der Waals surface area contributed by atoms with Crippen molar-refractivity contribution in [1.82, 2.24) is 5.43 Å². The van der Waals surface area contributed by atoms with E-state index in [0.29, 0.717) is 0 Å². The van der Waals surface area contributed by atoms with Crippen molar-refractivity contribution in [2.24, 2.45) is 11.0 Å². The fourth-order valence-electron chi connectivity index (χ4n) is 4.03. The van der Waals surface area contributed by atoms with Gasteiger partial charge in [-0.25, -0.2) is 5.43 Å². The Hall–Kier alpha value is -2.72. The van der Waals surface area contributed by atoms with E-state index in [2.05, 4.69) is 88.8 Å². The molecular weight excluding hydrogens is 424 g/mol. The molecule has 29 heavy (non-hydrogen) atoms. The van der Waals surface area contributed by atoms with Crippen molar-refractivity contribution in [3.8, 4) is 0 Å². The van der Waals surface area contributed by atoms with E-state index in [1.165, 1.54) is 22.3 Å². The maximum absolute atomic E-state index is 12.9. The number of nitrogens with one attached hydrogen (secondary N) is 1. The van der Waals surface area contributed by atoms with Crippen molar-refractivity contribution in [3.05, 3.63) is 105 Å². The Labute approximate surface area is 180 Å². The molecule has 1 saturated carbocycles. The lowest BCUT2D eigenvalue weighted by Crippen LogP contribution is -2.25. The van der Waals surface area contributed by atoms with Gasteiger partial charge in [-0.2, -0.15) is 5.10 Å². The predicted molar refractivity (Wildman–Crippen MR) is 121 cm³/mol. The zero-order valence-electron chi connectivity index (χ0n) is 16.5. The molecule has 1 amide bonds. The Kier molecular flexibility index (Phi) is 5.37. The van der Waals surface area contributed by atoms with E-state index in [4.69, 9.17) is 0 Å². The number of halogens is 1. The summed E-state index contributed by atoms with van der Waals surface area (Å²) in [5.41, 5.74) is 8.20. The van der Waals surface area contributed by atoms with Crippen molar-refractivity contribution >= 4 is 28.1 Å². The summed E-state index contributed by atoms with van der Waals surface area (Å²) < 4.78 is 1.01. The lowest BCUT2D eigenvalue weighted by atomic mass is 9.84. The van der Waals surface area contributed by atoms with Gasteiger partial charge in [0.1, 0.15) is 0 Å². The van der Waals surface area contributed by atoms with Crippen LogP contribution in [0.3, 0.4) is 0 Å². The van der Waals surface area contributed by atoms with Crippen molar-refractivity contribution in [3.63, 3.8) is 0 Å². The monoisotopic (exact) mass is 446 g/mol. The fourth-order valence-corrected chi connectivity index (χ4v) is 4.29. The number of carbonyl (C=O) groups excluding carboxylic acids is 1. The Balaban J connectivity index is 1.58. The quantitative estimate of drug-likeness (QED) is 0.406. The number of aryl methyl sites for hydroxylation is 2. The maximum Gasteiger partial charge on any atom is 0.244 e. The van der Waals surface area contributed by atoms with Crippen LogP contribution in [0.2, 0.25) is 0 Å². The van der Waals surface area contributed by atoms with Gasteiger partial charge >= 0.3 is 0 Å². The highest BCUT2D eigenvalue weighted by Gasteiger charge is 2.60. The third-order valence-electron chi connectivity index (χ3n) is 5.60. The van der Waals surface area contributed by atoms with E-state index < -0.39 is 0 Å². The van der Waals surface area contributed by atoms with E-state index in [1.807, 2.05) is 24.3 Å².